The molecule has 4 N–H and O–H groups in total. The number of aromatic nitrogens is 8. The molecule has 0 unspecified atom stereocenters. The van der Waals surface area contributed by atoms with Crippen molar-refractivity contribution in [1.82, 2.24) is 44.9 Å². The van der Waals surface area contributed by atoms with Crippen LogP contribution >= 0.6 is 31.9 Å². The number of morpholine rings is 3. The van der Waals surface area contributed by atoms with Gasteiger partial charge in [-0.25, -0.2) is 0 Å². The van der Waals surface area contributed by atoms with Crippen molar-refractivity contribution >= 4 is 99.5 Å². The van der Waals surface area contributed by atoms with Gasteiger partial charge >= 0.3 is 17.1 Å². The Kier molecular flexibility index (Phi) is 32.5. The number of nitrogens with zero attached hydrogens (tertiary/aromatic N) is 12. The number of carbonyl (C=O) groups is 4. The first-order valence-electron chi connectivity index (χ1n) is 31.9. The Morgan fingerprint density at radius 2 is 0.903 bits per heavy atom. The lowest BCUT2D eigenvalue weighted by atomic mass is 9.84. The van der Waals surface area contributed by atoms with E-state index in [1.165, 1.54) is 6.20 Å². The predicted octanol–water partition coefficient (Wildman–Crippen LogP) is 9.27. The van der Waals surface area contributed by atoms with Crippen molar-refractivity contribution < 1.29 is 60.8 Å². The Labute approximate surface area is 559 Å². The number of anilines is 3. The van der Waals surface area contributed by atoms with Crippen LogP contribution in [0, 0.1) is 54.0 Å². The number of nitro groups is 3. The molecule has 4 aliphatic carbocycles. The molecule has 7 aliphatic rings. The Morgan fingerprint density at radius 3 is 1.23 bits per heavy atom. The number of hydrogen-bond acceptors (Lipinski definition) is 24. The summed E-state index contributed by atoms with van der Waals surface area (Å²) >= 11 is 6.00. The van der Waals surface area contributed by atoms with Crippen LogP contribution in [0.15, 0.2) is 34.0 Å². The second kappa shape index (κ2) is 39.0. The third-order valence-corrected chi connectivity index (χ3v) is 19.0. The highest BCUT2D eigenvalue weighted by Gasteiger charge is 2.33. The van der Waals surface area contributed by atoms with Crippen LogP contribution in [0.1, 0.15) is 162 Å². The molecule has 7 heterocycles. The van der Waals surface area contributed by atoms with Crippen LogP contribution in [0.4, 0.5) is 34.4 Å². The van der Waals surface area contributed by atoms with Crippen LogP contribution in [-0.2, 0) is 47.7 Å². The maximum Gasteiger partial charge on any atom is 0.330 e. The molecule has 0 bridgehead atoms. The topological polar surface area (TPSA) is 395 Å². The Balaban J connectivity index is 0.000000209. The van der Waals surface area contributed by atoms with Gasteiger partial charge in [0, 0.05) is 62.9 Å². The Hall–Kier alpha value is -6.17. The fourth-order valence-corrected chi connectivity index (χ4v) is 13.4. The zero-order valence-electron chi connectivity index (χ0n) is 54.4. The third kappa shape index (κ3) is 25.2. The van der Waals surface area contributed by atoms with Crippen molar-refractivity contribution in [3.63, 3.8) is 0 Å². The summed E-state index contributed by atoms with van der Waals surface area (Å²) in [6, 6.07) is 0.669. The molecule has 0 spiro atoms. The standard InChI is InChI=1S/C15H22N4O4.C15H24N4O2.C11H14BrN3O3.C9H16O4S.C4H9NO.C3H2BrN3O2.C2H6/c1-11(20)12-2-4-13(5-3-12)18-10-14(19(21)22)15(16-18)17-6-8-23-9-7-17;1-11(20)12-2-4-13(5-3-12)19-10-14(16)15(17-19)18-6-8-21-9-7-18;1-7(16)8-2-4-9(5-3-8)14-6-10(15(17)18)11(12)13-14;1-7(10)8-3-5-9(6-4-8)13-14(2,11)12;1-3-6-4-2-5-1;4-3-2(7(8)9)1-5-6-3;1-2/h10,12-13H,2-9H2,1H3;10,12-13H,2-9,16H2,1H3;6,8-9H,2-5H2,1H3;8-9H,3-6H2,1-2H3;5H,1-4H2;1H,(H,5,6);1-2H3. The summed E-state index contributed by atoms with van der Waals surface area (Å²) in [4.78, 5) is 80.1. The highest BCUT2D eigenvalue weighted by atomic mass is 79.9. The fraction of sp³-hybridized carbons (Fsp3) is 0.729. The van der Waals surface area contributed by atoms with Gasteiger partial charge in [-0.3, -0.25) is 72.8 Å². The van der Waals surface area contributed by atoms with E-state index in [0.29, 0.717) is 61.4 Å². The minimum atomic E-state index is -3.35. The summed E-state index contributed by atoms with van der Waals surface area (Å²) in [6.45, 7) is 19.9. The first-order chi connectivity index (χ1) is 44.3. The lowest BCUT2D eigenvalue weighted by molar-refractivity contribution is -0.385. The summed E-state index contributed by atoms with van der Waals surface area (Å²) in [5, 5.41) is 54.4. The molecule has 4 saturated carbocycles. The van der Waals surface area contributed by atoms with Gasteiger partial charge in [0.05, 0.1) is 96.8 Å². The van der Waals surface area contributed by atoms with Crippen molar-refractivity contribution in [2.24, 2.45) is 23.7 Å². The maximum atomic E-state index is 11.5. The number of Topliss-reactive ketones (excluding diaryl/α,β-unsaturated/α-hetero) is 4. The molecule has 3 saturated heterocycles. The average Bonchev–Trinajstić information content (AvgIpc) is 1.70. The van der Waals surface area contributed by atoms with Gasteiger partial charge in [-0.15, -0.1) is 5.10 Å². The van der Waals surface area contributed by atoms with Crippen LogP contribution in [-0.4, -0.2) is 177 Å². The van der Waals surface area contributed by atoms with Gasteiger partial charge in [0.2, 0.25) is 10.4 Å². The monoisotopic (exact) mass is 1460 g/mol. The molecule has 93 heavy (non-hydrogen) atoms. The Bertz CT molecular complexity index is 3120. The molecule has 0 radical (unpaired) electrons. The summed E-state index contributed by atoms with van der Waals surface area (Å²) in [5.41, 5.74) is 6.88. The van der Waals surface area contributed by atoms with E-state index in [0.717, 1.165) is 166 Å². The van der Waals surface area contributed by atoms with Gasteiger partial charge in [-0.05, 0) is 162 Å². The summed E-state index contributed by atoms with van der Waals surface area (Å²) < 4.78 is 48.2. The molecule has 34 heteroatoms. The van der Waals surface area contributed by atoms with E-state index in [-0.39, 0.29) is 85.8 Å². The molecular formula is C59H93Br2N15O16S. The van der Waals surface area contributed by atoms with Crippen molar-refractivity contribution in [2.75, 3.05) is 101 Å². The molecule has 3 aliphatic heterocycles. The molecule has 7 fully saturated rings. The number of hydrogen-bond donors (Lipinski definition) is 3. The van der Waals surface area contributed by atoms with Crippen LogP contribution in [0.3, 0.4) is 0 Å². The van der Waals surface area contributed by atoms with E-state index in [2.05, 4.69) is 62.5 Å². The van der Waals surface area contributed by atoms with Gasteiger partial charge < -0.3 is 35.1 Å². The zero-order chi connectivity index (χ0) is 68.4. The van der Waals surface area contributed by atoms with Crippen molar-refractivity contribution in [3.8, 4) is 0 Å². The summed E-state index contributed by atoms with van der Waals surface area (Å²) in [6.07, 6.45) is 20.4. The van der Waals surface area contributed by atoms with Crippen LogP contribution in [0.5, 0.6) is 0 Å². The summed E-state index contributed by atoms with van der Waals surface area (Å²) in [5.74, 6) is 2.95. The van der Waals surface area contributed by atoms with E-state index < -0.39 is 20.0 Å². The number of halogens is 2. The van der Waals surface area contributed by atoms with Crippen LogP contribution in [0.25, 0.3) is 0 Å². The number of nitrogens with one attached hydrogen (secondary N) is 2. The maximum absolute atomic E-state index is 11.5. The SMILES string of the molecule is C1COCCN1.CC.CC(=O)C1CCC(OS(C)(=O)=O)CC1.CC(=O)C1CCC(n2cc(N)c(N3CCOCC3)n2)CC1.CC(=O)C1CCC(n2cc([N+](=O)[O-])c(Br)n2)CC1.CC(=O)C1CCC(n2cc([N+](=O)[O-])c(N3CCOCC3)n2)CC1.O=[N+]([O-])c1cn[nH]c1Br. The van der Waals surface area contributed by atoms with E-state index in [4.69, 9.17) is 29.2 Å². The van der Waals surface area contributed by atoms with E-state index in [1.54, 1.807) is 43.3 Å². The average molecular weight is 1460 g/mol. The van der Waals surface area contributed by atoms with Crippen LogP contribution < -0.4 is 20.9 Å². The number of ketones is 4. The zero-order valence-corrected chi connectivity index (χ0v) is 58.4. The number of H-pyrrole nitrogens is 1. The largest absolute Gasteiger partial charge is 0.394 e. The Morgan fingerprint density at radius 1 is 0.548 bits per heavy atom. The smallest absolute Gasteiger partial charge is 0.330 e. The molecule has 4 aromatic rings. The first-order valence-corrected chi connectivity index (χ1v) is 35.3. The van der Waals surface area contributed by atoms with Gasteiger partial charge in [0.25, 0.3) is 10.1 Å². The van der Waals surface area contributed by atoms with Crippen molar-refractivity contribution in [3.05, 3.63) is 64.3 Å². The third-order valence-electron chi connectivity index (χ3n) is 17.2. The lowest BCUT2D eigenvalue weighted by Crippen LogP contribution is -2.37. The normalized spacial score (nSPS) is 23.8. The molecule has 520 valence electrons. The summed E-state index contributed by atoms with van der Waals surface area (Å²) in [7, 11) is -3.35. The fourth-order valence-electron chi connectivity index (χ4n) is 11.9. The van der Waals surface area contributed by atoms with Gasteiger partial charge in [0.15, 0.2) is 10.4 Å². The molecule has 31 nitrogen and oxygen atoms in total. The number of rotatable bonds is 14. The predicted molar refractivity (Wildman–Crippen MR) is 354 cm³/mol. The van der Waals surface area contributed by atoms with E-state index in [1.807, 2.05) is 29.6 Å². The molecule has 0 aromatic carbocycles. The van der Waals surface area contributed by atoms with Gasteiger partial charge in [-0.2, -0.15) is 23.7 Å². The number of nitrogen functional groups attached to an aromatic ring is 1. The first kappa shape index (κ1) is 77.5. The van der Waals surface area contributed by atoms with E-state index in [9.17, 15) is 57.9 Å². The number of carbonyl (C=O) groups excluding carboxylic acids is 4. The number of ether oxygens (including phenoxy) is 3. The molecule has 4 aromatic heterocycles. The van der Waals surface area contributed by atoms with Crippen molar-refractivity contribution in [1.29, 1.82) is 0 Å². The second-order valence-corrected chi connectivity index (χ2v) is 26.8. The highest BCUT2D eigenvalue weighted by Crippen LogP contribution is 2.38. The molecule has 0 amide bonds. The van der Waals surface area contributed by atoms with Crippen molar-refractivity contribution in [2.45, 2.75) is 169 Å². The molecular weight excluding hydrogens is 1370 g/mol. The van der Waals surface area contributed by atoms with E-state index >= 15 is 0 Å². The minimum Gasteiger partial charge on any atom is -0.394 e. The van der Waals surface area contributed by atoms with Crippen LogP contribution in [0.2, 0.25) is 0 Å². The number of nitrogens with two attached hydrogens (primary N) is 1. The molecule has 11 rings (SSSR count). The van der Waals surface area contributed by atoms with Gasteiger partial charge in [-0.1, -0.05) is 13.8 Å². The minimum absolute atomic E-state index is 0.0105. The van der Waals surface area contributed by atoms with Gasteiger partial charge in [0.1, 0.15) is 41.7 Å². The number of aromatic amines is 1. The lowest BCUT2D eigenvalue weighted by Gasteiger charge is -2.28. The highest BCUT2D eigenvalue weighted by molar-refractivity contribution is 9.10. The quantitative estimate of drug-likeness (QED) is 0.0601. The second-order valence-electron chi connectivity index (χ2n) is 23.6. The molecule has 0 atom stereocenters.